The lowest BCUT2D eigenvalue weighted by atomic mass is 10.1. The van der Waals surface area contributed by atoms with E-state index in [-0.39, 0.29) is 11.3 Å². The lowest BCUT2D eigenvalue weighted by Crippen LogP contribution is -2.24. The molecule has 0 unspecified atom stereocenters. The maximum Gasteiger partial charge on any atom is 0.355 e. The SMILES string of the molecule is CCN(CC)CCCCc1[nH]c(C(=O)OC(C)(C)C)c(C)c1C(=O)O. The predicted octanol–water partition coefficient (Wildman–Crippen LogP) is 3.64. The summed E-state index contributed by atoms with van der Waals surface area (Å²) in [5.74, 6) is -1.52. The van der Waals surface area contributed by atoms with Crippen LogP contribution in [0.1, 0.15) is 79.6 Å². The predicted molar refractivity (Wildman–Crippen MR) is 98.4 cm³/mol. The number of carboxylic acids is 1. The van der Waals surface area contributed by atoms with Crippen molar-refractivity contribution in [2.75, 3.05) is 19.6 Å². The number of carbonyl (C=O) groups excluding carboxylic acids is 1. The zero-order valence-electron chi connectivity index (χ0n) is 16.4. The minimum absolute atomic E-state index is 0.198. The molecule has 1 rings (SSSR count). The van der Waals surface area contributed by atoms with Gasteiger partial charge in [0, 0.05) is 5.69 Å². The third kappa shape index (κ3) is 6.20. The first-order chi connectivity index (χ1) is 11.6. The molecular weight excluding hydrogens is 320 g/mol. The summed E-state index contributed by atoms with van der Waals surface area (Å²) in [6, 6.07) is 0. The first-order valence-electron chi connectivity index (χ1n) is 9.01. The Morgan fingerprint density at radius 3 is 2.24 bits per heavy atom. The van der Waals surface area contributed by atoms with Gasteiger partial charge >= 0.3 is 11.9 Å². The number of carboxylic acid groups (broad SMARTS) is 1. The number of rotatable bonds is 9. The number of aromatic amines is 1. The number of carbonyl (C=O) groups is 2. The van der Waals surface area contributed by atoms with Gasteiger partial charge in [-0.15, -0.1) is 0 Å². The van der Waals surface area contributed by atoms with Gasteiger partial charge in [0.15, 0.2) is 0 Å². The van der Waals surface area contributed by atoms with E-state index in [9.17, 15) is 14.7 Å². The summed E-state index contributed by atoms with van der Waals surface area (Å²) in [6.07, 6.45) is 2.46. The van der Waals surface area contributed by atoms with Crippen LogP contribution in [0, 0.1) is 6.92 Å². The van der Waals surface area contributed by atoms with Crippen molar-refractivity contribution in [3.05, 3.63) is 22.5 Å². The molecule has 25 heavy (non-hydrogen) atoms. The van der Waals surface area contributed by atoms with Gasteiger partial charge in [-0.3, -0.25) is 0 Å². The van der Waals surface area contributed by atoms with Crippen LogP contribution in [0.5, 0.6) is 0 Å². The van der Waals surface area contributed by atoms with E-state index in [4.69, 9.17) is 4.74 Å². The molecule has 0 bridgehead atoms. The summed E-state index contributed by atoms with van der Waals surface area (Å²) >= 11 is 0. The molecule has 0 spiro atoms. The van der Waals surface area contributed by atoms with E-state index in [0.717, 1.165) is 32.5 Å². The van der Waals surface area contributed by atoms with Crippen LogP contribution in [0.4, 0.5) is 0 Å². The third-order valence-electron chi connectivity index (χ3n) is 4.19. The first-order valence-corrected chi connectivity index (χ1v) is 9.01. The summed E-state index contributed by atoms with van der Waals surface area (Å²) in [6.45, 7) is 14.3. The van der Waals surface area contributed by atoms with Crippen LogP contribution < -0.4 is 0 Å². The van der Waals surface area contributed by atoms with Crippen LogP contribution in [0.3, 0.4) is 0 Å². The number of nitrogens with zero attached hydrogens (tertiary/aromatic N) is 1. The molecule has 0 aliphatic carbocycles. The molecule has 0 aliphatic rings. The van der Waals surface area contributed by atoms with E-state index in [1.807, 2.05) is 0 Å². The standard InChI is InChI=1S/C19H32N2O4/c1-7-21(8-2)12-10-9-11-14-15(17(22)23)13(3)16(20-14)18(24)25-19(4,5)6/h20H,7-12H2,1-6H3,(H,22,23). The third-order valence-corrected chi connectivity index (χ3v) is 4.19. The Labute approximate surface area is 150 Å². The topological polar surface area (TPSA) is 82.6 Å². The molecule has 1 aromatic rings. The van der Waals surface area contributed by atoms with Gasteiger partial charge in [-0.25, -0.2) is 9.59 Å². The van der Waals surface area contributed by atoms with Crippen molar-refractivity contribution in [1.82, 2.24) is 9.88 Å². The van der Waals surface area contributed by atoms with Crippen molar-refractivity contribution >= 4 is 11.9 Å². The highest BCUT2D eigenvalue weighted by atomic mass is 16.6. The Kier molecular flexibility index (Phi) is 7.67. The van der Waals surface area contributed by atoms with Gasteiger partial charge in [0.1, 0.15) is 11.3 Å². The van der Waals surface area contributed by atoms with Crippen molar-refractivity contribution in [1.29, 1.82) is 0 Å². The minimum Gasteiger partial charge on any atom is -0.478 e. The molecular formula is C19H32N2O4. The summed E-state index contributed by atoms with van der Waals surface area (Å²) < 4.78 is 5.37. The van der Waals surface area contributed by atoms with E-state index in [1.54, 1.807) is 27.7 Å². The molecule has 142 valence electrons. The van der Waals surface area contributed by atoms with Gasteiger partial charge in [0.05, 0.1) is 5.56 Å². The minimum atomic E-state index is -1.01. The molecule has 0 aromatic carbocycles. The average Bonchev–Trinajstić information content (AvgIpc) is 2.82. The Balaban J connectivity index is 2.87. The number of unbranched alkanes of at least 4 members (excludes halogenated alkanes) is 1. The van der Waals surface area contributed by atoms with Crippen LogP contribution in [0.2, 0.25) is 0 Å². The van der Waals surface area contributed by atoms with Crippen LogP contribution in [0.25, 0.3) is 0 Å². The fourth-order valence-corrected chi connectivity index (χ4v) is 2.85. The van der Waals surface area contributed by atoms with E-state index in [2.05, 4.69) is 23.7 Å². The first kappa shape index (κ1) is 21.2. The van der Waals surface area contributed by atoms with Crippen molar-refractivity contribution in [3.63, 3.8) is 0 Å². The summed E-state index contributed by atoms with van der Waals surface area (Å²) in [4.78, 5) is 29.3. The van der Waals surface area contributed by atoms with E-state index in [0.29, 0.717) is 17.7 Å². The largest absolute Gasteiger partial charge is 0.478 e. The second-order valence-electron chi connectivity index (χ2n) is 7.27. The van der Waals surface area contributed by atoms with Crippen molar-refractivity contribution in [3.8, 4) is 0 Å². The number of aromatic carboxylic acids is 1. The van der Waals surface area contributed by atoms with E-state index < -0.39 is 17.5 Å². The normalized spacial score (nSPS) is 11.8. The monoisotopic (exact) mass is 352 g/mol. The Morgan fingerprint density at radius 2 is 1.76 bits per heavy atom. The highest BCUT2D eigenvalue weighted by Crippen LogP contribution is 2.23. The lowest BCUT2D eigenvalue weighted by molar-refractivity contribution is 0.00625. The maximum atomic E-state index is 12.3. The number of aromatic nitrogens is 1. The summed E-state index contributed by atoms with van der Waals surface area (Å²) in [5.41, 5.74) is 0.864. The number of nitrogens with one attached hydrogen (secondary N) is 1. The molecule has 0 atom stereocenters. The molecule has 0 radical (unpaired) electrons. The molecule has 0 fully saturated rings. The quantitative estimate of drug-likeness (QED) is 0.524. The van der Waals surface area contributed by atoms with Crippen molar-refractivity contribution in [2.24, 2.45) is 0 Å². The molecule has 0 amide bonds. The fraction of sp³-hybridized carbons (Fsp3) is 0.684. The van der Waals surface area contributed by atoms with Crippen LogP contribution in [0.15, 0.2) is 0 Å². The molecule has 1 aromatic heterocycles. The number of hydrogen-bond donors (Lipinski definition) is 2. The summed E-state index contributed by atoms with van der Waals surface area (Å²) in [7, 11) is 0. The smallest absolute Gasteiger partial charge is 0.355 e. The van der Waals surface area contributed by atoms with Gasteiger partial charge in [-0.2, -0.15) is 0 Å². The average molecular weight is 352 g/mol. The highest BCUT2D eigenvalue weighted by molar-refractivity contribution is 5.97. The van der Waals surface area contributed by atoms with E-state index >= 15 is 0 Å². The van der Waals surface area contributed by atoms with Gasteiger partial charge in [-0.05, 0) is 72.2 Å². The van der Waals surface area contributed by atoms with Gasteiger partial charge in [0.25, 0.3) is 0 Å². The van der Waals surface area contributed by atoms with Crippen LogP contribution in [-0.2, 0) is 11.2 Å². The Bertz CT molecular complexity index is 595. The zero-order chi connectivity index (χ0) is 19.2. The maximum absolute atomic E-state index is 12.3. The molecule has 2 N–H and O–H groups in total. The van der Waals surface area contributed by atoms with Gasteiger partial charge in [0.2, 0.25) is 0 Å². The second-order valence-corrected chi connectivity index (χ2v) is 7.27. The molecule has 1 heterocycles. The lowest BCUT2D eigenvalue weighted by Gasteiger charge is -2.19. The van der Waals surface area contributed by atoms with Crippen LogP contribution >= 0.6 is 0 Å². The molecule has 0 saturated carbocycles. The molecule has 6 nitrogen and oxygen atoms in total. The van der Waals surface area contributed by atoms with E-state index in [1.165, 1.54) is 0 Å². The highest BCUT2D eigenvalue weighted by Gasteiger charge is 2.26. The zero-order valence-corrected chi connectivity index (χ0v) is 16.4. The Morgan fingerprint density at radius 1 is 1.16 bits per heavy atom. The van der Waals surface area contributed by atoms with Crippen LogP contribution in [-0.4, -0.2) is 52.2 Å². The Hall–Kier alpha value is -1.82. The second kappa shape index (κ2) is 9.04. The number of aryl methyl sites for hydroxylation is 1. The van der Waals surface area contributed by atoms with Gasteiger partial charge < -0.3 is 19.7 Å². The van der Waals surface area contributed by atoms with Gasteiger partial charge in [-0.1, -0.05) is 13.8 Å². The van der Waals surface area contributed by atoms with Crippen molar-refractivity contribution < 1.29 is 19.4 Å². The number of hydrogen-bond acceptors (Lipinski definition) is 4. The number of esters is 1. The number of H-pyrrole nitrogens is 1. The number of ether oxygens (including phenoxy) is 1. The summed E-state index contributed by atoms with van der Waals surface area (Å²) in [5, 5.41) is 9.51. The fourth-order valence-electron chi connectivity index (χ4n) is 2.85. The molecule has 0 saturated heterocycles. The van der Waals surface area contributed by atoms with Crippen molar-refractivity contribution in [2.45, 2.75) is 66.4 Å². The molecule has 6 heteroatoms. The molecule has 0 aliphatic heterocycles.